The van der Waals surface area contributed by atoms with Gasteiger partial charge in [-0.05, 0) is 36.4 Å². The number of hydrogen-bond donors (Lipinski definition) is 0. The third-order valence-electron chi connectivity index (χ3n) is 3.05. The topological polar surface area (TPSA) is 34.9 Å². The molecule has 20 heavy (non-hydrogen) atoms. The van der Waals surface area contributed by atoms with E-state index in [-0.39, 0.29) is 11.4 Å². The van der Waals surface area contributed by atoms with Gasteiger partial charge in [-0.15, -0.1) is 11.6 Å². The number of rotatable bonds is 2. The van der Waals surface area contributed by atoms with Crippen LogP contribution >= 0.6 is 27.5 Å². The predicted octanol–water partition coefficient (Wildman–Crippen LogP) is 3.89. The van der Waals surface area contributed by atoms with Gasteiger partial charge in [0.25, 0.3) is 5.56 Å². The van der Waals surface area contributed by atoms with Gasteiger partial charge in [0.15, 0.2) is 0 Å². The maximum Gasteiger partial charge on any atom is 0.266 e. The fourth-order valence-electron chi connectivity index (χ4n) is 2.12. The molecule has 0 aliphatic heterocycles. The Morgan fingerprint density at radius 1 is 1.10 bits per heavy atom. The van der Waals surface area contributed by atoms with Crippen LogP contribution in [0.3, 0.4) is 0 Å². The summed E-state index contributed by atoms with van der Waals surface area (Å²) in [5.41, 5.74) is 1.32. The second-order valence-electron chi connectivity index (χ2n) is 4.30. The Labute approximate surface area is 129 Å². The van der Waals surface area contributed by atoms with Gasteiger partial charge in [-0.1, -0.05) is 28.1 Å². The Morgan fingerprint density at radius 3 is 2.50 bits per heavy atom. The molecule has 1 aromatic heterocycles. The van der Waals surface area contributed by atoms with E-state index in [9.17, 15) is 4.79 Å². The van der Waals surface area contributed by atoms with Crippen molar-refractivity contribution in [2.75, 3.05) is 0 Å². The first kappa shape index (κ1) is 13.3. The van der Waals surface area contributed by atoms with Crippen molar-refractivity contribution in [1.29, 1.82) is 0 Å². The zero-order valence-electron chi connectivity index (χ0n) is 10.4. The third-order valence-corrected chi connectivity index (χ3v) is 3.82. The van der Waals surface area contributed by atoms with Crippen LogP contribution in [0.25, 0.3) is 16.6 Å². The highest BCUT2D eigenvalue weighted by Crippen LogP contribution is 2.17. The Kier molecular flexibility index (Phi) is 3.59. The highest BCUT2D eigenvalue weighted by molar-refractivity contribution is 9.10. The van der Waals surface area contributed by atoms with Gasteiger partial charge in [-0.2, -0.15) is 0 Å². The predicted molar refractivity (Wildman–Crippen MR) is 84.6 cm³/mol. The highest BCUT2D eigenvalue weighted by Gasteiger charge is 2.11. The van der Waals surface area contributed by atoms with E-state index in [2.05, 4.69) is 20.9 Å². The van der Waals surface area contributed by atoms with E-state index in [1.165, 1.54) is 0 Å². The van der Waals surface area contributed by atoms with Crippen LogP contribution in [0.1, 0.15) is 5.82 Å². The fourth-order valence-corrected chi connectivity index (χ4v) is 2.57. The van der Waals surface area contributed by atoms with E-state index < -0.39 is 0 Å². The molecule has 5 heteroatoms. The van der Waals surface area contributed by atoms with Crippen molar-refractivity contribution in [3.05, 3.63) is 69.2 Å². The maximum atomic E-state index is 12.6. The van der Waals surface area contributed by atoms with E-state index >= 15 is 0 Å². The summed E-state index contributed by atoms with van der Waals surface area (Å²) in [7, 11) is 0. The molecule has 3 nitrogen and oxygen atoms in total. The lowest BCUT2D eigenvalue weighted by Gasteiger charge is -2.11. The van der Waals surface area contributed by atoms with Crippen LogP contribution in [0, 0.1) is 0 Å². The molecule has 1 heterocycles. The molecular formula is C15H10BrClN2O. The van der Waals surface area contributed by atoms with Crippen LogP contribution in [-0.4, -0.2) is 9.55 Å². The summed E-state index contributed by atoms with van der Waals surface area (Å²) in [6.45, 7) is 0. The number of aromatic nitrogens is 2. The van der Waals surface area contributed by atoms with Crippen LogP contribution in [0.15, 0.2) is 57.8 Å². The molecule has 3 aromatic rings. The van der Waals surface area contributed by atoms with Crippen molar-refractivity contribution >= 4 is 38.4 Å². The summed E-state index contributed by atoms with van der Waals surface area (Å²) >= 11 is 9.34. The Balaban J connectivity index is 2.36. The standard InChI is InChI=1S/C15H10BrClN2O/c16-10-5-7-11(8-6-10)19-14(9-17)18-13-4-2-1-3-12(13)15(19)20/h1-8H,9H2. The first-order valence-electron chi connectivity index (χ1n) is 6.03. The lowest BCUT2D eigenvalue weighted by molar-refractivity contribution is 0.881. The summed E-state index contributed by atoms with van der Waals surface area (Å²) in [6.07, 6.45) is 0. The van der Waals surface area contributed by atoms with Gasteiger partial charge in [0, 0.05) is 4.47 Å². The van der Waals surface area contributed by atoms with Gasteiger partial charge in [0.2, 0.25) is 0 Å². The van der Waals surface area contributed by atoms with E-state index in [1.807, 2.05) is 42.5 Å². The highest BCUT2D eigenvalue weighted by atomic mass is 79.9. The van der Waals surface area contributed by atoms with Crippen LogP contribution in [-0.2, 0) is 5.88 Å². The van der Waals surface area contributed by atoms with Gasteiger partial charge in [0.1, 0.15) is 5.82 Å². The molecule has 0 spiro atoms. The number of hydrogen-bond acceptors (Lipinski definition) is 2. The van der Waals surface area contributed by atoms with Crippen molar-refractivity contribution in [3.63, 3.8) is 0 Å². The summed E-state index contributed by atoms with van der Waals surface area (Å²) in [5, 5.41) is 0.587. The molecule has 0 saturated heterocycles. The lowest BCUT2D eigenvalue weighted by atomic mass is 10.2. The van der Waals surface area contributed by atoms with Gasteiger partial charge in [-0.25, -0.2) is 4.98 Å². The van der Waals surface area contributed by atoms with Crippen LogP contribution in [0.5, 0.6) is 0 Å². The molecule has 0 N–H and O–H groups in total. The van der Waals surface area contributed by atoms with Crippen molar-refractivity contribution in [2.45, 2.75) is 5.88 Å². The Hall–Kier alpha value is -1.65. The zero-order valence-corrected chi connectivity index (χ0v) is 12.7. The molecule has 0 fully saturated rings. The Bertz CT molecular complexity index is 827. The molecule has 3 rings (SSSR count). The van der Waals surface area contributed by atoms with Crippen molar-refractivity contribution in [2.24, 2.45) is 0 Å². The molecule has 2 aromatic carbocycles. The van der Waals surface area contributed by atoms with Crippen molar-refractivity contribution in [1.82, 2.24) is 9.55 Å². The number of fused-ring (bicyclic) bond motifs is 1. The van der Waals surface area contributed by atoms with Gasteiger partial charge >= 0.3 is 0 Å². The number of alkyl halides is 1. The number of halogens is 2. The average molecular weight is 350 g/mol. The lowest BCUT2D eigenvalue weighted by Crippen LogP contribution is -2.23. The average Bonchev–Trinajstić information content (AvgIpc) is 2.48. The molecule has 0 saturated carbocycles. The first-order valence-corrected chi connectivity index (χ1v) is 7.36. The third kappa shape index (κ3) is 2.25. The quantitative estimate of drug-likeness (QED) is 0.658. The first-order chi connectivity index (χ1) is 9.70. The minimum absolute atomic E-state index is 0.103. The molecule has 0 bridgehead atoms. The monoisotopic (exact) mass is 348 g/mol. The summed E-state index contributed by atoms with van der Waals surface area (Å²) in [6, 6.07) is 14.8. The minimum Gasteiger partial charge on any atom is -0.268 e. The van der Waals surface area contributed by atoms with Gasteiger partial charge in [0.05, 0.1) is 22.5 Å². The molecule has 0 amide bonds. The van der Waals surface area contributed by atoms with E-state index in [1.54, 1.807) is 10.6 Å². The molecule has 0 atom stereocenters. The minimum atomic E-state index is -0.103. The van der Waals surface area contributed by atoms with Crippen LogP contribution in [0.4, 0.5) is 0 Å². The van der Waals surface area contributed by atoms with Crippen LogP contribution in [0.2, 0.25) is 0 Å². The van der Waals surface area contributed by atoms with Gasteiger partial charge < -0.3 is 0 Å². The molecular weight excluding hydrogens is 340 g/mol. The number of nitrogens with zero attached hydrogens (tertiary/aromatic N) is 2. The second-order valence-corrected chi connectivity index (χ2v) is 5.48. The van der Waals surface area contributed by atoms with E-state index in [4.69, 9.17) is 11.6 Å². The zero-order chi connectivity index (χ0) is 14.1. The van der Waals surface area contributed by atoms with E-state index in [0.717, 1.165) is 10.2 Å². The maximum absolute atomic E-state index is 12.6. The summed E-state index contributed by atoms with van der Waals surface area (Å²) < 4.78 is 2.51. The number of para-hydroxylation sites is 1. The SMILES string of the molecule is O=c1c2ccccc2nc(CCl)n1-c1ccc(Br)cc1. The normalized spacial score (nSPS) is 10.9. The van der Waals surface area contributed by atoms with E-state index in [0.29, 0.717) is 16.7 Å². The second kappa shape index (κ2) is 5.38. The molecule has 0 unspecified atom stereocenters. The smallest absolute Gasteiger partial charge is 0.266 e. The fraction of sp³-hybridized carbons (Fsp3) is 0.0667. The van der Waals surface area contributed by atoms with Crippen molar-refractivity contribution in [3.8, 4) is 5.69 Å². The van der Waals surface area contributed by atoms with Crippen LogP contribution < -0.4 is 5.56 Å². The molecule has 0 aliphatic carbocycles. The summed E-state index contributed by atoms with van der Waals surface area (Å²) in [4.78, 5) is 17.1. The summed E-state index contributed by atoms with van der Waals surface area (Å²) in [5.74, 6) is 0.716. The van der Waals surface area contributed by atoms with Gasteiger partial charge in [-0.3, -0.25) is 9.36 Å². The molecule has 100 valence electrons. The van der Waals surface area contributed by atoms with Crippen molar-refractivity contribution < 1.29 is 0 Å². The molecule has 0 aliphatic rings. The Morgan fingerprint density at radius 2 is 1.80 bits per heavy atom. The number of benzene rings is 2. The molecule has 0 radical (unpaired) electrons. The largest absolute Gasteiger partial charge is 0.268 e.